The van der Waals surface area contributed by atoms with Crippen LogP contribution in [0.5, 0.6) is 0 Å². The molecule has 5 heteroatoms. The molecule has 2 N–H and O–H groups in total. The predicted molar refractivity (Wildman–Crippen MR) is 106 cm³/mol. The van der Waals surface area contributed by atoms with Crippen molar-refractivity contribution in [1.82, 2.24) is 15.5 Å². The first kappa shape index (κ1) is 19.0. The van der Waals surface area contributed by atoms with Crippen molar-refractivity contribution in [3.63, 3.8) is 0 Å². The van der Waals surface area contributed by atoms with E-state index in [1.165, 1.54) is 12.5 Å². The number of carbonyl (C=O) groups excluding carboxylic acids is 2. The van der Waals surface area contributed by atoms with Crippen molar-refractivity contribution in [2.75, 3.05) is 13.1 Å². The lowest BCUT2D eigenvalue weighted by Crippen LogP contribution is -2.49. The van der Waals surface area contributed by atoms with Crippen molar-refractivity contribution in [1.29, 1.82) is 0 Å². The third-order valence-corrected chi connectivity index (χ3v) is 4.97. The van der Waals surface area contributed by atoms with Crippen molar-refractivity contribution in [2.24, 2.45) is 0 Å². The second-order valence-electron chi connectivity index (χ2n) is 7.06. The van der Waals surface area contributed by atoms with E-state index in [1.807, 2.05) is 41.3 Å². The first-order valence-electron chi connectivity index (χ1n) is 9.53. The van der Waals surface area contributed by atoms with Gasteiger partial charge in [0, 0.05) is 26.1 Å². The zero-order valence-corrected chi connectivity index (χ0v) is 15.7. The smallest absolute Gasteiger partial charge is 0.317 e. The van der Waals surface area contributed by atoms with Crippen LogP contribution in [0.25, 0.3) is 0 Å². The molecule has 2 aromatic carbocycles. The first-order valence-corrected chi connectivity index (χ1v) is 9.53. The summed E-state index contributed by atoms with van der Waals surface area (Å²) in [6, 6.07) is 20.3. The van der Waals surface area contributed by atoms with Gasteiger partial charge >= 0.3 is 6.03 Å². The monoisotopic (exact) mass is 365 g/mol. The van der Waals surface area contributed by atoms with Crippen molar-refractivity contribution < 1.29 is 9.59 Å². The Bertz CT molecular complexity index is 741. The van der Waals surface area contributed by atoms with Gasteiger partial charge in [-0.3, -0.25) is 4.79 Å². The standard InChI is InChI=1S/C22H27N3O2/c1-17(26)23-20-12-14-25(15-13-20)22(27)24-21(19-10-6-3-7-11-19)16-18-8-4-2-5-9-18/h2-11,20-21H,12-16H2,1H3,(H,23,26)(H,24,27)/t21-/m0/s1. The van der Waals surface area contributed by atoms with E-state index in [9.17, 15) is 9.59 Å². The molecule has 1 atom stereocenters. The van der Waals surface area contributed by atoms with E-state index in [0.717, 1.165) is 24.8 Å². The average molecular weight is 365 g/mol. The normalized spacial score (nSPS) is 15.8. The Morgan fingerprint density at radius 2 is 1.59 bits per heavy atom. The molecule has 0 saturated carbocycles. The number of benzene rings is 2. The number of rotatable bonds is 5. The largest absolute Gasteiger partial charge is 0.353 e. The molecule has 5 nitrogen and oxygen atoms in total. The Morgan fingerprint density at radius 3 is 2.19 bits per heavy atom. The van der Waals surface area contributed by atoms with Gasteiger partial charge in [-0.1, -0.05) is 60.7 Å². The molecule has 27 heavy (non-hydrogen) atoms. The minimum Gasteiger partial charge on any atom is -0.353 e. The van der Waals surface area contributed by atoms with Crippen LogP contribution >= 0.6 is 0 Å². The molecule has 2 aromatic rings. The van der Waals surface area contributed by atoms with E-state index in [0.29, 0.717) is 13.1 Å². The van der Waals surface area contributed by atoms with E-state index in [1.54, 1.807) is 0 Å². The SMILES string of the molecule is CC(=O)NC1CCN(C(=O)N[C@@H](Cc2ccccc2)c2ccccc2)CC1. The Balaban J connectivity index is 1.63. The number of hydrogen-bond donors (Lipinski definition) is 2. The third-order valence-electron chi connectivity index (χ3n) is 4.97. The summed E-state index contributed by atoms with van der Waals surface area (Å²) in [5.41, 5.74) is 2.29. The van der Waals surface area contributed by atoms with E-state index in [-0.39, 0.29) is 24.0 Å². The Kier molecular flexibility index (Phi) is 6.47. The van der Waals surface area contributed by atoms with Crippen LogP contribution in [0.15, 0.2) is 60.7 Å². The molecule has 1 saturated heterocycles. The maximum atomic E-state index is 12.8. The second kappa shape index (κ2) is 9.21. The molecule has 1 aliphatic rings. The molecular weight excluding hydrogens is 338 g/mol. The van der Waals surface area contributed by atoms with E-state index in [4.69, 9.17) is 0 Å². The number of nitrogens with zero attached hydrogens (tertiary/aromatic N) is 1. The lowest BCUT2D eigenvalue weighted by atomic mass is 9.99. The predicted octanol–water partition coefficient (Wildman–Crippen LogP) is 3.28. The van der Waals surface area contributed by atoms with Gasteiger partial charge in [-0.05, 0) is 30.4 Å². The fraction of sp³-hybridized carbons (Fsp3) is 0.364. The van der Waals surface area contributed by atoms with Gasteiger partial charge in [0.2, 0.25) is 5.91 Å². The molecule has 0 spiro atoms. The lowest BCUT2D eigenvalue weighted by Gasteiger charge is -2.33. The fourth-order valence-corrected chi connectivity index (χ4v) is 3.54. The summed E-state index contributed by atoms with van der Waals surface area (Å²) in [4.78, 5) is 25.9. The maximum Gasteiger partial charge on any atom is 0.317 e. The van der Waals surface area contributed by atoms with E-state index in [2.05, 4.69) is 34.9 Å². The molecule has 0 unspecified atom stereocenters. The van der Waals surface area contributed by atoms with Crippen molar-refractivity contribution in [2.45, 2.75) is 38.3 Å². The first-order chi connectivity index (χ1) is 13.1. The number of carbonyl (C=O) groups is 2. The maximum absolute atomic E-state index is 12.8. The summed E-state index contributed by atoms with van der Waals surface area (Å²) in [7, 11) is 0. The molecule has 1 fully saturated rings. The number of nitrogens with one attached hydrogen (secondary N) is 2. The topological polar surface area (TPSA) is 61.4 Å². The second-order valence-corrected chi connectivity index (χ2v) is 7.06. The van der Waals surface area contributed by atoms with Crippen molar-refractivity contribution >= 4 is 11.9 Å². The highest BCUT2D eigenvalue weighted by Crippen LogP contribution is 2.20. The summed E-state index contributed by atoms with van der Waals surface area (Å²) < 4.78 is 0. The van der Waals surface area contributed by atoms with Gasteiger partial charge in [0.25, 0.3) is 0 Å². The molecule has 1 aliphatic heterocycles. The van der Waals surface area contributed by atoms with Crippen LogP contribution in [-0.2, 0) is 11.2 Å². The van der Waals surface area contributed by atoms with Crippen LogP contribution in [0.4, 0.5) is 4.79 Å². The molecule has 0 bridgehead atoms. The molecular formula is C22H27N3O2. The molecule has 3 amide bonds. The summed E-state index contributed by atoms with van der Waals surface area (Å²) >= 11 is 0. The van der Waals surface area contributed by atoms with E-state index < -0.39 is 0 Å². The van der Waals surface area contributed by atoms with Crippen molar-refractivity contribution in [3.8, 4) is 0 Å². The average Bonchev–Trinajstić information content (AvgIpc) is 2.69. The number of amides is 3. The van der Waals surface area contributed by atoms with Crippen LogP contribution < -0.4 is 10.6 Å². The number of piperidine rings is 1. The highest BCUT2D eigenvalue weighted by atomic mass is 16.2. The van der Waals surface area contributed by atoms with Gasteiger partial charge in [0.1, 0.15) is 0 Å². The Morgan fingerprint density at radius 1 is 1.00 bits per heavy atom. The summed E-state index contributed by atoms with van der Waals surface area (Å²) in [5, 5.41) is 6.15. The number of urea groups is 1. The van der Waals surface area contributed by atoms with Gasteiger partial charge in [-0.2, -0.15) is 0 Å². The summed E-state index contributed by atoms with van der Waals surface area (Å²) in [5.74, 6) is -0.00935. The van der Waals surface area contributed by atoms with Crippen LogP contribution in [0.3, 0.4) is 0 Å². The molecule has 0 aliphatic carbocycles. The van der Waals surface area contributed by atoms with E-state index >= 15 is 0 Å². The van der Waals surface area contributed by atoms with Crippen LogP contribution in [0.2, 0.25) is 0 Å². The van der Waals surface area contributed by atoms with Gasteiger partial charge in [0.05, 0.1) is 6.04 Å². The molecule has 0 radical (unpaired) electrons. The van der Waals surface area contributed by atoms with Gasteiger partial charge < -0.3 is 15.5 Å². The van der Waals surface area contributed by atoms with Crippen LogP contribution in [0.1, 0.15) is 36.9 Å². The zero-order valence-electron chi connectivity index (χ0n) is 15.7. The fourth-order valence-electron chi connectivity index (χ4n) is 3.54. The Hall–Kier alpha value is -2.82. The van der Waals surface area contributed by atoms with Gasteiger partial charge in [-0.25, -0.2) is 4.79 Å². The highest BCUT2D eigenvalue weighted by Gasteiger charge is 2.25. The minimum atomic E-state index is -0.0748. The van der Waals surface area contributed by atoms with Gasteiger partial charge in [-0.15, -0.1) is 0 Å². The third kappa shape index (κ3) is 5.58. The number of likely N-dealkylation sites (tertiary alicyclic amines) is 1. The van der Waals surface area contributed by atoms with Gasteiger partial charge in [0.15, 0.2) is 0 Å². The molecule has 0 aromatic heterocycles. The molecule has 3 rings (SSSR count). The number of hydrogen-bond acceptors (Lipinski definition) is 2. The Labute approximate surface area is 160 Å². The zero-order chi connectivity index (χ0) is 19.1. The van der Waals surface area contributed by atoms with Crippen LogP contribution in [-0.4, -0.2) is 36.0 Å². The minimum absolute atomic E-state index is 0.00935. The molecule has 1 heterocycles. The highest BCUT2D eigenvalue weighted by molar-refractivity contribution is 5.75. The molecule has 142 valence electrons. The summed E-state index contributed by atoms with van der Waals surface area (Å²) in [6.45, 7) is 2.85. The van der Waals surface area contributed by atoms with Crippen molar-refractivity contribution in [3.05, 3.63) is 71.8 Å². The summed E-state index contributed by atoms with van der Waals surface area (Å²) in [6.07, 6.45) is 2.34. The quantitative estimate of drug-likeness (QED) is 0.854. The van der Waals surface area contributed by atoms with Crippen LogP contribution in [0, 0.1) is 0 Å². The lowest BCUT2D eigenvalue weighted by molar-refractivity contribution is -0.119.